The van der Waals surface area contributed by atoms with Crippen molar-refractivity contribution in [1.29, 1.82) is 0 Å². The van der Waals surface area contributed by atoms with Gasteiger partial charge in [-0.05, 0) is 110 Å². The fourth-order valence-corrected chi connectivity index (χ4v) is 5.80. The molecule has 0 atom stereocenters. The number of ether oxygens (including phenoxy) is 1. The van der Waals surface area contributed by atoms with Gasteiger partial charge < -0.3 is 4.74 Å². The lowest BCUT2D eigenvalue weighted by Crippen LogP contribution is -2.17. The van der Waals surface area contributed by atoms with Crippen LogP contribution in [0.1, 0.15) is 82.6 Å². The Morgan fingerprint density at radius 1 is 0.839 bits per heavy atom. The molecule has 2 fully saturated rings. The number of hydrogen-bond acceptors (Lipinski definition) is 1. The van der Waals surface area contributed by atoms with Crippen LogP contribution in [0.25, 0.3) is 10.8 Å². The van der Waals surface area contributed by atoms with E-state index in [0.29, 0.717) is 6.61 Å². The van der Waals surface area contributed by atoms with Crippen LogP contribution in [0.2, 0.25) is 0 Å². The summed E-state index contributed by atoms with van der Waals surface area (Å²) in [7, 11) is 0. The Kier molecular flexibility index (Phi) is 7.89. The largest absolute Gasteiger partial charge is 0.490 e. The van der Waals surface area contributed by atoms with Gasteiger partial charge in [-0.25, -0.2) is 0 Å². The van der Waals surface area contributed by atoms with Crippen molar-refractivity contribution < 1.29 is 4.74 Å². The zero-order valence-electron chi connectivity index (χ0n) is 19.4. The number of benzene rings is 2. The average Bonchev–Trinajstić information content (AvgIpc) is 2.83. The summed E-state index contributed by atoms with van der Waals surface area (Å²) in [5.41, 5.74) is 1.54. The average molecular weight is 417 g/mol. The monoisotopic (exact) mass is 416 g/mol. The molecule has 4 rings (SSSR count). The zero-order valence-corrected chi connectivity index (χ0v) is 19.4. The third-order valence-electron chi connectivity index (χ3n) is 7.94. The Bertz CT molecular complexity index is 863. The lowest BCUT2D eigenvalue weighted by atomic mass is 9.74. The quantitative estimate of drug-likeness (QED) is 0.390. The minimum atomic E-state index is 0.638. The summed E-state index contributed by atoms with van der Waals surface area (Å²) in [5.74, 6) is 4.45. The first-order chi connectivity index (χ1) is 15.2. The van der Waals surface area contributed by atoms with Crippen molar-refractivity contribution in [3.05, 3.63) is 66.8 Å². The molecule has 0 unspecified atom stereocenters. The highest BCUT2D eigenvalue weighted by Gasteiger charge is 2.25. The van der Waals surface area contributed by atoms with Crippen molar-refractivity contribution in [2.24, 2.45) is 17.8 Å². The van der Waals surface area contributed by atoms with Crippen LogP contribution in [-0.2, 0) is 0 Å². The van der Waals surface area contributed by atoms with Gasteiger partial charge in [0.1, 0.15) is 12.4 Å². The van der Waals surface area contributed by atoms with Crippen LogP contribution in [0.5, 0.6) is 5.75 Å². The van der Waals surface area contributed by atoms with E-state index in [1.165, 1.54) is 80.5 Å². The van der Waals surface area contributed by atoms with Gasteiger partial charge in [-0.1, -0.05) is 55.3 Å². The Morgan fingerprint density at radius 3 is 2.16 bits per heavy atom. The summed E-state index contributed by atoms with van der Waals surface area (Å²) in [6, 6.07) is 13.6. The van der Waals surface area contributed by atoms with Crippen LogP contribution in [0.15, 0.2) is 61.2 Å². The van der Waals surface area contributed by atoms with E-state index in [1.54, 1.807) is 0 Å². The van der Waals surface area contributed by atoms with Crippen LogP contribution >= 0.6 is 0 Å². The van der Waals surface area contributed by atoms with Crippen LogP contribution < -0.4 is 4.74 Å². The Balaban J connectivity index is 1.26. The minimum Gasteiger partial charge on any atom is -0.490 e. The fourth-order valence-electron chi connectivity index (χ4n) is 5.80. The topological polar surface area (TPSA) is 9.23 Å². The van der Waals surface area contributed by atoms with Gasteiger partial charge >= 0.3 is 0 Å². The fraction of sp³-hybridized carbons (Fsp3) is 0.533. The van der Waals surface area contributed by atoms with Crippen LogP contribution in [0.3, 0.4) is 0 Å². The molecule has 2 aromatic carbocycles. The molecular weight excluding hydrogens is 376 g/mol. The molecule has 0 aliphatic heterocycles. The predicted molar refractivity (Wildman–Crippen MR) is 134 cm³/mol. The van der Waals surface area contributed by atoms with Crippen molar-refractivity contribution in [3.8, 4) is 5.75 Å². The molecule has 0 N–H and O–H groups in total. The van der Waals surface area contributed by atoms with Crippen LogP contribution in [-0.4, -0.2) is 6.61 Å². The van der Waals surface area contributed by atoms with E-state index >= 15 is 0 Å². The molecule has 0 radical (unpaired) electrons. The van der Waals surface area contributed by atoms with Gasteiger partial charge in [0.25, 0.3) is 0 Å². The van der Waals surface area contributed by atoms with E-state index in [1.807, 2.05) is 19.1 Å². The SMILES string of the molecule is C=CC1CCC(CCC2CCC(c3ccc4cc(OCC=CC)ccc4c3)CC2)CC1. The lowest BCUT2D eigenvalue weighted by Gasteiger charge is -2.31. The highest BCUT2D eigenvalue weighted by molar-refractivity contribution is 5.84. The van der Waals surface area contributed by atoms with Gasteiger partial charge in [-0.15, -0.1) is 6.58 Å². The summed E-state index contributed by atoms with van der Waals surface area (Å²) in [6.45, 7) is 6.65. The first-order valence-electron chi connectivity index (χ1n) is 12.7. The van der Waals surface area contributed by atoms with Gasteiger partial charge in [0.15, 0.2) is 0 Å². The maximum Gasteiger partial charge on any atom is 0.120 e. The number of fused-ring (bicyclic) bond motifs is 1. The third-order valence-corrected chi connectivity index (χ3v) is 7.94. The van der Waals surface area contributed by atoms with Gasteiger partial charge in [-0.3, -0.25) is 0 Å². The summed E-state index contributed by atoms with van der Waals surface area (Å²) < 4.78 is 5.80. The van der Waals surface area contributed by atoms with Crippen molar-refractivity contribution in [2.75, 3.05) is 6.61 Å². The molecule has 2 aromatic rings. The van der Waals surface area contributed by atoms with E-state index in [2.05, 4.69) is 49.1 Å². The van der Waals surface area contributed by atoms with Crippen molar-refractivity contribution in [3.63, 3.8) is 0 Å². The van der Waals surface area contributed by atoms with Gasteiger partial charge in [-0.2, -0.15) is 0 Å². The highest BCUT2D eigenvalue weighted by Crippen LogP contribution is 2.40. The highest BCUT2D eigenvalue weighted by atomic mass is 16.5. The molecule has 0 saturated heterocycles. The van der Waals surface area contributed by atoms with Crippen LogP contribution in [0, 0.1) is 17.8 Å². The summed E-state index contributed by atoms with van der Waals surface area (Å²) >= 11 is 0. The summed E-state index contributed by atoms with van der Waals surface area (Å²) in [5, 5.41) is 2.62. The minimum absolute atomic E-state index is 0.638. The molecule has 0 bridgehead atoms. The van der Waals surface area contributed by atoms with E-state index in [9.17, 15) is 0 Å². The molecule has 0 aromatic heterocycles. The Morgan fingerprint density at radius 2 is 1.48 bits per heavy atom. The maximum absolute atomic E-state index is 5.80. The van der Waals surface area contributed by atoms with Crippen molar-refractivity contribution >= 4 is 10.8 Å². The van der Waals surface area contributed by atoms with E-state index in [0.717, 1.165) is 29.4 Å². The Labute approximate surface area is 189 Å². The summed E-state index contributed by atoms with van der Waals surface area (Å²) in [4.78, 5) is 0. The van der Waals surface area contributed by atoms with E-state index < -0.39 is 0 Å². The second kappa shape index (κ2) is 11.0. The van der Waals surface area contributed by atoms with Crippen LogP contribution in [0.4, 0.5) is 0 Å². The second-order valence-corrected chi connectivity index (χ2v) is 9.96. The number of rotatable bonds is 8. The molecule has 2 aliphatic rings. The van der Waals surface area contributed by atoms with Gasteiger partial charge in [0.2, 0.25) is 0 Å². The predicted octanol–water partition coefficient (Wildman–Crippen LogP) is 8.84. The first kappa shape index (κ1) is 22.2. The molecule has 1 heteroatoms. The third kappa shape index (κ3) is 6.03. The molecule has 0 heterocycles. The van der Waals surface area contributed by atoms with Crippen molar-refractivity contribution in [1.82, 2.24) is 0 Å². The Hall–Kier alpha value is -2.02. The van der Waals surface area contributed by atoms with E-state index in [-0.39, 0.29) is 0 Å². The molecule has 1 nitrogen and oxygen atoms in total. The molecule has 2 aliphatic carbocycles. The van der Waals surface area contributed by atoms with Gasteiger partial charge in [0, 0.05) is 0 Å². The van der Waals surface area contributed by atoms with Gasteiger partial charge in [0.05, 0.1) is 0 Å². The molecule has 2 saturated carbocycles. The maximum atomic E-state index is 5.80. The molecule has 0 amide bonds. The molecular formula is C30H40O. The lowest BCUT2D eigenvalue weighted by molar-refractivity contribution is 0.246. The smallest absolute Gasteiger partial charge is 0.120 e. The standard InChI is InChI=1S/C30H40O/c1-3-5-20-31-30-19-18-28-21-27(16-17-29(28)22-30)26-14-12-25(13-15-26)11-10-24-8-6-23(4-2)7-9-24/h3-5,16-19,21-26H,2,6-15,20H2,1H3. The molecule has 31 heavy (non-hydrogen) atoms. The van der Waals surface area contributed by atoms with E-state index in [4.69, 9.17) is 4.74 Å². The van der Waals surface area contributed by atoms with Crippen molar-refractivity contribution in [2.45, 2.75) is 77.0 Å². The molecule has 166 valence electrons. The molecule has 0 spiro atoms. The first-order valence-corrected chi connectivity index (χ1v) is 12.7. The zero-order chi connectivity index (χ0) is 21.5. The number of hydrogen-bond donors (Lipinski definition) is 0. The number of allylic oxidation sites excluding steroid dienone is 2. The normalized spacial score (nSPS) is 26.9. The second-order valence-electron chi connectivity index (χ2n) is 9.96. The summed E-state index contributed by atoms with van der Waals surface area (Å²) in [6.07, 6.45) is 20.4.